The highest BCUT2D eigenvalue weighted by atomic mass is 16.5. The number of nitrogens with zero attached hydrogens (tertiary/aromatic N) is 1. The summed E-state index contributed by atoms with van der Waals surface area (Å²) in [6.45, 7) is 6.06. The number of carboxylic acid groups (broad SMARTS) is 1. The fourth-order valence-corrected chi connectivity index (χ4v) is 4.15. The first-order valence-electron chi connectivity index (χ1n) is 10.6. The lowest BCUT2D eigenvalue weighted by Gasteiger charge is -2.25. The summed E-state index contributed by atoms with van der Waals surface area (Å²) in [7, 11) is 0. The number of nitrogens with one attached hydrogen (secondary N) is 1. The lowest BCUT2D eigenvalue weighted by Crippen LogP contribution is -2.49. The average molecular weight is 411 g/mol. The second-order valence-corrected chi connectivity index (χ2v) is 7.65. The summed E-state index contributed by atoms with van der Waals surface area (Å²) in [6.07, 6.45) is 9.34. The number of ether oxygens (including phenoxy) is 1. The molecule has 0 heterocycles. The molecule has 0 fully saturated rings. The number of carbonyl (C=O) groups is 2. The molecule has 3 rings (SSSR count). The number of amides is 1. The third kappa shape index (κ3) is 5.00. The number of hydrogen-bond acceptors (Lipinski definition) is 4. The van der Waals surface area contributed by atoms with Crippen molar-refractivity contribution in [1.29, 1.82) is 0 Å². The summed E-state index contributed by atoms with van der Waals surface area (Å²) in [5, 5.41) is 12.1. The Morgan fingerprint density at radius 2 is 1.90 bits per heavy atom. The Bertz CT molecular complexity index is 866. The van der Waals surface area contributed by atoms with Crippen LogP contribution in [0.1, 0.15) is 43.7 Å². The molecule has 1 aromatic carbocycles. The Kier molecular flexibility index (Phi) is 7.46. The van der Waals surface area contributed by atoms with Crippen LogP contribution in [-0.4, -0.2) is 54.4 Å². The van der Waals surface area contributed by atoms with Gasteiger partial charge in [0.15, 0.2) is 0 Å². The highest BCUT2D eigenvalue weighted by molar-refractivity contribution is 5.84. The van der Waals surface area contributed by atoms with Gasteiger partial charge in [-0.1, -0.05) is 62.4 Å². The summed E-state index contributed by atoms with van der Waals surface area (Å²) in [6, 6.07) is 7.10. The summed E-state index contributed by atoms with van der Waals surface area (Å²) in [5.41, 5.74) is 4.37. The van der Waals surface area contributed by atoms with Gasteiger partial charge in [0.25, 0.3) is 0 Å². The van der Waals surface area contributed by atoms with Crippen LogP contribution in [0.15, 0.2) is 54.1 Å². The van der Waals surface area contributed by atoms with Crippen molar-refractivity contribution < 1.29 is 19.4 Å². The number of alkyl carbamates (subject to hydrolysis) is 1. The average Bonchev–Trinajstić information content (AvgIpc) is 3.06. The maximum absolute atomic E-state index is 12.4. The molecule has 30 heavy (non-hydrogen) atoms. The molecule has 1 aromatic rings. The molecule has 6 heteroatoms. The number of hydrogen-bond donors (Lipinski definition) is 2. The van der Waals surface area contributed by atoms with E-state index in [0.29, 0.717) is 0 Å². The first-order chi connectivity index (χ1) is 14.5. The first-order valence-corrected chi connectivity index (χ1v) is 10.6. The lowest BCUT2D eigenvalue weighted by atomic mass is 9.92. The van der Waals surface area contributed by atoms with Gasteiger partial charge in [-0.25, -0.2) is 9.59 Å². The van der Waals surface area contributed by atoms with Crippen LogP contribution in [0, 0.1) is 0 Å². The van der Waals surface area contributed by atoms with Gasteiger partial charge in [-0.3, -0.25) is 0 Å². The van der Waals surface area contributed by atoms with Gasteiger partial charge in [0, 0.05) is 18.0 Å². The van der Waals surface area contributed by atoms with Crippen LogP contribution in [0.4, 0.5) is 4.79 Å². The fourth-order valence-electron chi connectivity index (χ4n) is 4.15. The van der Waals surface area contributed by atoms with E-state index in [1.165, 1.54) is 5.56 Å². The lowest BCUT2D eigenvalue weighted by molar-refractivity contribution is -0.139. The van der Waals surface area contributed by atoms with E-state index in [2.05, 4.69) is 42.3 Å². The molecule has 2 atom stereocenters. The normalized spacial score (nSPS) is 17.6. The van der Waals surface area contributed by atoms with Gasteiger partial charge in [0.1, 0.15) is 12.6 Å². The quantitative estimate of drug-likeness (QED) is 0.610. The number of aliphatic carboxylic acids is 1. The van der Waals surface area contributed by atoms with Crippen molar-refractivity contribution in [3.8, 4) is 0 Å². The number of fused-ring (bicyclic) bond motifs is 3. The minimum Gasteiger partial charge on any atom is -0.480 e. The SMILES string of the molecule is CCCN(CCC)C[C@H](NC(=O)OCC1=C2C=CC=CC2c2ccccc21)C(=O)O. The van der Waals surface area contributed by atoms with Gasteiger partial charge in [-0.05, 0) is 42.6 Å². The molecule has 0 aromatic heterocycles. The molecule has 1 unspecified atom stereocenters. The molecule has 0 aliphatic heterocycles. The fraction of sp³-hybridized carbons (Fsp3) is 0.417. The van der Waals surface area contributed by atoms with E-state index < -0.39 is 18.1 Å². The molecule has 2 aliphatic carbocycles. The van der Waals surface area contributed by atoms with E-state index in [-0.39, 0.29) is 19.1 Å². The van der Waals surface area contributed by atoms with E-state index >= 15 is 0 Å². The summed E-state index contributed by atoms with van der Waals surface area (Å²) < 4.78 is 5.47. The zero-order valence-corrected chi connectivity index (χ0v) is 17.6. The molecule has 2 N–H and O–H groups in total. The molecule has 2 aliphatic rings. The van der Waals surface area contributed by atoms with E-state index in [4.69, 9.17) is 4.74 Å². The van der Waals surface area contributed by atoms with Crippen molar-refractivity contribution in [2.24, 2.45) is 0 Å². The van der Waals surface area contributed by atoms with Crippen molar-refractivity contribution in [2.45, 2.75) is 38.6 Å². The highest BCUT2D eigenvalue weighted by Crippen LogP contribution is 2.44. The minimum absolute atomic E-state index is 0.104. The van der Waals surface area contributed by atoms with E-state index in [1.807, 2.05) is 30.4 Å². The molecule has 0 saturated carbocycles. The highest BCUT2D eigenvalue weighted by Gasteiger charge is 2.30. The third-order valence-corrected chi connectivity index (χ3v) is 5.45. The maximum atomic E-state index is 12.4. The van der Waals surface area contributed by atoms with Gasteiger partial charge in [0.2, 0.25) is 0 Å². The number of benzene rings is 1. The Morgan fingerprint density at radius 3 is 2.60 bits per heavy atom. The van der Waals surface area contributed by atoms with Crippen LogP contribution in [0.2, 0.25) is 0 Å². The Morgan fingerprint density at radius 1 is 1.17 bits per heavy atom. The summed E-state index contributed by atoms with van der Waals surface area (Å²) in [4.78, 5) is 26.1. The third-order valence-electron chi connectivity index (χ3n) is 5.45. The Labute approximate surface area is 177 Å². The van der Waals surface area contributed by atoms with E-state index in [1.54, 1.807) is 0 Å². The Balaban J connectivity index is 1.65. The van der Waals surface area contributed by atoms with Gasteiger partial charge >= 0.3 is 12.1 Å². The predicted molar refractivity (Wildman–Crippen MR) is 117 cm³/mol. The zero-order chi connectivity index (χ0) is 21.5. The first kappa shape index (κ1) is 21.8. The minimum atomic E-state index is -1.06. The number of carbonyl (C=O) groups excluding carboxylic acids is 1. The van der Waals surface area contributed by atoms with Crippen LogP contribution in [0.3, 0.4) is 0 Å². The second kappa shape index (κ2) is 10.3. The van der Waals surface area contributed by atoms with Gasteiger partial charge in [-0.15, -0.1) is 0 Å². The second-order valence-electron chi connectivity index (χ2n) is 7.65. The van der Waals surface area contributed by atoms with Crippen LogP contribution < -0.4 is 5.32 Å². The van der Waals surface area contributed by atoms with E-state index in [0.717, 1.165) is 42.6 Å². The van der Waals surface area contributed by atoms with Crippen molar-refractivity contribution in [2.75, 3.05) is 26.2 Å². The summed E-state index contributed by atoms with van der Waals surface area (Å²) in [5.74, 6) is -0.880. The van der Waals surface area contributed by atoms with E-state index in [9.17, 15) is 14.7 Å². The van der Waals surface area contributed by atoms with Gasteiger partial charge in [0.05, 0.1) is 0 Å². The molecule has 6 nitrogen and oxygen atoms in total. The predicted octanol–water partition coefficient (Wildman–Crippen LogP) is 3.96. The number of allylic oxidation sites excluding steroid dienone is 5. The molecule has 160 valence electrons. The van der Waals surface area contributed by atoms with Gasteiger partial charge < -0.3 is 20.1 Å². The molecule has 0 bridgehead atoms. The molecule has 0 spiro atoms. The molecule has 0 saturated heterocycles. The summed E-state index contributed by atoms with van der Waals surface area (Å²) >= 11 is 0. The van der Waals surface area contributed by atoms with Crippen molar-refractivity contribution >= 4 is 17.6 Å². The largest absolute Gasteiger partial charge is 0.480 e. The number of rotatable bonds is 10. The van der Waals surface area contributed by atoms with Crippen molar-refractivity contribution in [1.82, 2.24) is 10.2 Å². The van der Waals surface area contributed by atoms with Crippen LogP contribution in [0.5, 0.6) is 0 Å². The monoisotopic (exact) mass is 410 g/mol. The molecule has 1 amide bonds. The Hall–Kier alpha value is -2.86. The maximum Gasteiger partial charge on any atom is 0.408 e. The smallest absolute Gasteiger partial charge is 0.408 e. The van der Waals surface area contributed by atoms with Crippen molar-refractivity contribution in [3.63, 3.8) is 0 Å². The topological polar surface area (TPSA) is 78.9 Å². The number of carboxylic acids is 1. The molecule has 0 radical (unpaired) electrons. The van der Waals surface area contributed by atoms with Crippen LogP contribution in [-0.2, 0) is 9.53 Å². The van der Waals surface area contributed by atoms with Gasteiger partial charge in [-0.2, -0.15) is 0 Å². The van der Waals surface area contributed by atoms with Crippen molar-refractivity contribution in [3.05, 3.63) is 65.3 Å². The van der Waals surface area contributed by atoms with Crippen LogP contribution in [0.25, 0.3) is 5.57 Å². The standard InChI is InChI=1S/C24H30N2O4/c1-3-13-26(14-4-2)15-22(23(27)28)25-24(29)30-16-21-19-11-7-5-9-17(19)18-10-6-8-12-20(18)21/h5-12,17,22H,3-4,13-16H2,1-2H3,(H,25,29)(H,27,28)/t17?,22-/m0/s1. The molecular weight excluding hydrogens is 380 g/mol. The zero-order valence-electron chi connectivity index (χ0n) is 17.6. The van der Waals surface area contributed by atoms with Crippen LogP contribution >= 0.6 is 0 Å². The molecular formula is C24H30N2O4.